The third-order valence-corrected chi connectivity index (χ3v) is 5.53. The van der Waals surface area contributed by atoms with Gasteiger partial charge in [-0.2, -0.15) is 0 Å². The number of fused-ring (bicyclic) bond motifs is 1. The number of carbonyl (C=O) groups excluding carboxylic acids is 1. The molecule has 2 N–H and O–H groups in total. The maximum absolute atomic E-state index is 11.8. The van der Waals surface area contributed by atoms with E-state index in [2.05, 4.69) is 4.90 Å². The molecule has 0 unspecified atom stereocenters. The molecule has 2 heterocycles. The van der Waals surface area contributed by atoms with Crippen LogP contribution in [0.25, 0.3) is 0 Å². The van der Waals surface area contributed by atoms with E-state index in [0.29, 0.717) is 54.3 Å². The molecule has 0 bridgehead atoms. The van der Waals surface area contributed by atoms with Crippen LogP contribution in [0.15, 0.2) is 36.4 Å². The second kappa shape index (κ2) is 9.21. The second-order valence-electron chi connectivity index (χ2n) is 7.65. The minimum absolute atomic E-state index is 0.0440. The minimum Gasteiger partial charge on any atom is -0.496 e. The fraction of sp³-hybridized carbons (Fsp3) is 0.409. The van der Waals surface area contributed by atoms with E-state index in [4.69, 9.17) is 41.0 Å². The van der Waals surface area contributed by atoms with Gasteiger partial charge >= 0.3 is 0 Å². The first-order valence-corrected chi connectivity index (χ1v) is 10.3. The number of rotatable bonds is 8. The largest absolute Gasteiger partial charge is 0.496 e. The Bertz CT molecular complexity index is 956. The van der Waals surface area contributed by atoms with Crippen molar-refractivity contribution in [3.05, 3.63) is 47.0 Å². The van der Waals surface area contributed by atoms with Gasteiger partial charge in [-0.05, 0) is 24.3 Å². The molecule has 0 aromatic heterocycles. The van der Waals surface area contributed by atoms with E-state index in [-0.39, 0.29) is 19.8 Å². The van der Waals surface area contributed by atoms with E-state index in [9.17, 15) is 4.79 Å². The van der Waals surface area contributed by atoms with Crippen molar-refractivity contribution in [1.82, 2.24) is 4.90 Å². The summed E-state index contributed by atoms with van der Waals surface area (Å²) >= 11 is 6.04. The summed E-state index contributed by atoms with van der Waals surface area (Å²) in [5, 5.41) is 0.572. The van der Waals surface area contributed by atoms with Gasteiger partial charge in [-0.3, -0.25) is 9.69 Å². The molecular weight excluding hydrogens is 424 g/mol. The monoisotopic (exact) mass is 448 g/mol. The van der Waals surface area contributed by atoms with E-state index < -0.39 is 11.5 Å². The molecule has 2 aliphatic rings. The summed E-state index contributed by atoms with van der Waals surface area (Å²) in [6, 6.07) is 10.9. The number of hydrogen-bond acceptors (Lipinski definition) is 7. The molecule has 1 fully saturated rings. The van der Waals surface area contributed by atoms with E-state index in [1.807, 2.05) is 18.2 Å². The first-order valence-electron chi connectivity index (χ1n) is 9.96. The zero-order valence-corrected chi connectivity index (χ0v) is 18.0. The smallest absolute Gasteiger partial charge is 0.231 e. The van der Waals surface area contributed by atoms with Crippen molar-refractivity contribution < 1.29 is 28.5 Å². The summed E-state index contributed by atoms with van der Waals surface area (Å²) in [5.41, 5.74) is 5.63. The molecule has 0 aliphatic carbocycles. The van der Waals surface area contributed by atoms with Crippen LogP contribution in [0.2, 0.25) is 5.02 Å². The van der Waals surface area contributed by atoms with Gasteiger partial charge in [0.2, 0.25) is 12.7 Å². The first kappa shape index (κ1) is 21.5. The lowest BCUT2D eigenvalue weighted by molar-refractivity contribution is -0.148. The molecule has 0 spiro atoms. The Labute approximate surface area is 185 Å². The number of primary amides is 1. The molecule has 1 atom stereocenters. The van der Waals surface area contributed by atoms with Crippen LogP contribution in [0.3, 0.4) is 0 Å². The van der Waals surface area contributed by atoms with E-state index >= 15 is 0 Å². The lowest BCUT2D eigenvalue weighted by Gasteiger charge is -2.42. The number of amides is 1. The lowest BCUT2D eigenvalue weighted by Crippen LogP contribution is -2.56. The number of methoxy groups -OCH3 is 1. The SMILES string of the molecule is COc1cc2c(cc1CN1CCO[C@](COc3cccc(Cl)c3)(CC(N)=O)C1)OCO2. The Hall–Kier alpha value is -2.68. The van der Waals surface area contributed by atoms with Gasteiger partial charge in [-0.25, -0.2) is 0 Å². The van der Waals surface area contributed by atoms with Crippen LogP contribution in [-0.2, 0) is 16.1 Å². The van der Waals surface area contributed by atoms with Crippen molar-refractivity contribution in [3.63, 3.8) is 0 Å². The highest BCUT2D eigenvalue weighted by Crippen LogP contribution is 2.39. The molecule has 0 radical (unpaired) electrons. The molecule has 8 nitrogen and oxygen atoms in total. The molecular formula is C22H25ClN2O6. The number of nitrogens with zero attached hydrogens (tertiary/aromatic N) is 1. The third-order valence-electron chi connectivity index (χ3n) is 5.29. The zero-order valence-electron chi connectivity index (χ0n) is 17.3. The highest BCUT2D eigenvalue weighted by atomic mass is 35.5. The van der Waals surface area contributed by atoms with Crippen molar-refractivity contribution in [3.8, 4) is 23.0 Å². The van der Waals surface area contributed by atoms with Crippen LogP contribution in [0.5, 0.6) is 23.0 Å². The average Bonchev–Trinajstić information content (AvgIpc) is 3.19. The van der Waals surface area contributed by atoms with Crippen LogP contribution in [0.1, 0.15) is 12.0 Å². The van der Waals surface area contributed by atoms with Gasteiger partial charge in [-0.15, -0.1) is 0 Å². The fourth-order valence-electron chi connectivity index (χ4n) is 3.91. The van der Waals surface area contributed by atoms with Crippen LogP contribution < -0.4 is 24.7 Å². The molecule has 1 amide bonds. The Morgan fingerprint density at radius 1 is 1.26 bits per heavy atom. The Balaban J connectivity index is 1.50. The molecule has 4 rings (SSSR count). The van der Waals surface area contributed by atoms with Gasteiger partial charge in [0.05, 0.1) is 20.1 Å². The molecule has 2 aromatic rings. The molecule has 166 valence electrons. The summed E-state index contributed by atoms with van der Waals surface area (Å²) in [4.78, 5) is 14.0. The number of carbonyl (C=O) groups is 1. The van der Waals surface area contributed by atoms with Gasteiger partial charge in [0, 0.05) is 36.3 Å². The van der Waals surface area contributed by atoms with E-state index in [0.717, 1.165) is 5.56 Å². The van der Waals surface area contributed by atoms with Gasteiger partial charge < -0.3 is 29.4 Å². The quantitative estimate of drug-likeness (QED) is 0.663. The van der Waals surface area contributed by atoms with Crippen LogP contribution in [-0.4, -0.2) is 56.6 Å². The lowest BCUT2D eigenvalue weighted by atomic mass is 9.97. The number of ether oxygens (including phenoxy) is 5. The summed E-state index contributed by atoms with van der Waals surface area (Å²) in [6.45, 7) is 2.55. The van der Waals surface area contributed by atoms with Crippen molar-refractivity contribution in [2.45, 2.75) is 18.6 Å². The van der Waals surface area contributed by atoms with Crippen molar-refractivity contribution in [2.24, 2.45) is 5.73 Å². The number of halogens is 1. The second-order valence-corrected chi connectivity index (χ2v) is 8.09. The standard InChI is InChI=1S/C22H25ClN2O6/c1-27-18-9-20-19(29-14-30-20)7-15(18)11-25-5-6-31-22(12-25,10-21(24)26)13-28-17-4-2-3-16(23)8-17/h2-4,7-9H,5-6,10-14H2,1H3,(H2,24,26)/t22-/m1/s1. The maximum Gasteiger partial charge on any atom is 0.231 e. The van der Waals surface area contributed by atoms with E-state index in [1.165, 1.54) is 0 Å². The third kappa shape index (κ3) is 5.15. The molecule has 1 saturated heterocycles. The van der Waals surface area contributed by atoms with Gasteiger partial charge in [0.15, 0.2) is 11.5 Å². The fourth-order valence-corrected chi connectivity index (χ4v) is 4.09. The molecule has 31 heavy (non-hydrogen) atoms. The normalized spacial score (nSPS) is 20.5. The van der Waals surface area contributed by atoms with Crippen LogP contribution >= 0.6 is 11.6 Å². The maximum atomic E-state index is 11.8. The molecule has 0 saturated carbocycles. The molecule has 2 aromatic carbocycles. The highest BCUT2D eigenvalue weighted by Gasteiger charge is 2.39. The Kier molecular flexibility index (Phi) is 6.41. The number of benzene rings is 2. The summed E-state index contributed by atoms with van der Waals surface area (Å²) < 4.78 is 28.5. The average molecular weight is 449 g/mol. The Morgan fingerprint density at radius 2 is 2.06 bits per heavy atom. The first-order chi connectivity index (χ1) is 15.0. The van der Waals surface area contributed by atoms with Crippen molar-refractivity contribution in [2.75, 3.05) is 40.2 Å². The van der Waals surface area contributed by atoms with Crippen LogP contribution in [0, 0.1) is 0 Å². The number of nitrogens with two attached hydrogens (primary N) is 1. The molecule has 9 heteroatoms. The topological polar surface area (TPSA) is 92.5 Å². The number of hydrogen-bond donors (Lipinski definition) is 1. The summed E-state index contributed by atoms with van der Waals surface area (Å²) in [5.74, 6) is 2.23. The van der Waals surface area contributed by atoms with Gasteiger partial charge in [-0.1, -0.05) is 17.7 Å². The zero-order chi connectivity index (χ0) is 21.8. The van der Waals surface area contributed by atoms with E-state index in [1.54, 1.807) is 25.3 Å². The highest BCUT2D eigenvalue weighted by molar-refractivity contribution is 6.30. The number of morpholine rings is 1. The van der Waals surface area contributed by atoms with Crippen LogP contribution in [0.4, 0.5) is 0 Å². The Morgan fingerprint density at radius 3 is 2.81 bits per heavy atom. The van der Waals surface area contributed by atoms with Gasteiger partial charge in [0.25, 0.3) is 0 Å². The predicted octanol–water partition coefficient (Wildman–Crippen LogP) is 2.60. The van der Waals surface area contributed by atoms with Crippen molar-refractivity contribution >= 4 is 17.5 Å². The summed E-state index contributed by atoms with van der Waals surface area (Å²) in [6.07, 6.45) is 0.0440. The molecule has 2 aliphatic heterocycles. The minimum atomic E-state index is -0.865. The summed E-state index contributed by atoms with van der Waals surface area (Å²) in [7, 11) is 1.62. The predicted molar refractivity (Wildman–Crippen MR) is 114 cm³/mol. The van der Waals surface area contributed by atoms with Gasteiger partial charge in [0.1, 0.15) is 23.7 Å². The van der Waals surface area contributed by atoms with Crippen molar-refractivity contribution in [1.29, 1.82) is 0 Å².